The van der Waals surface area contributed by atoms with Gasteiger partial charge in [-0.2, -0.15) is 4.98 Å². The molecule has 102 valence electrons. The van der Waals surface area contributed by atoms with Gasteiger partial charge in [-0.1, -0.05) is 17.2 Å². The highest BCUT2D eigenvalue weighted by Crippen LogP contribution is 2.36. The van der Waals surface area contributed by atoms with Gasteiger partial charge in [-0.25, -0.2) is 0 Å². The van der Waals surface area contributed by atoms with Crippen molar-refractivity contribution in [1.29, 1.82) is 0 Å². The van der Waals surface area contributed by atoms with Gasteiger partial charge in [-0.05, 0) is 38.5 Å². The molecule has 2 heterocycles. The fraction of sp³-hybridized carbons (Fsp3) is 0.615. The zero-order valence-corrected chi connectivity index (χ0v) is 11.2. The van der Waals surface area contributed by atoms with Crippen LogP contribution in [0.3, 0.4) is 0 Å². The van der Waals surface area contributed by atoms with Crippen LogP contribution in [-0.2, 0) is 5.54 Å². The van der Waals surface area contributed by atoms with Crippen LogP contribution >= 0.6 is 0 Å². The van der Waals surface area contributed by atoms with Gasteiger partial charge in [-0.3, -0.25) is 0 Å². The normalized spacial score (nSPS) is 27.6. The summed E-state index contributed by atoms with van der Waals surface area (Å²) >= 11 is 0. The molecule has 0 atom stereocenters. The average Bonchev–Trinajstić information content (AvgIpc) is 3.02. The van der Waals surface area contributed by atoms with E-state index >= 15 is 0 Å². The van der Waals surface area contributed by atoms with Gasteiger partial charge in [0.25, 0.3) is 5.89 Å². The maximum Gasteiger partial charge on any atom is 0.280 e. The quantitative estimate of drug-likeness (QED) is 0.893. The molecule has 2 aromatic heterocycles. The first-order valence-electron chi connectivity index (χ1n) is 6.63. The number of nitrogens with zero attached hydrogens (tertiary/aromatic N) is 3. The standard InChI is InChI=1S/C13H18N4O2/c1-8-3-5-13(14,6-4-8)12-15-11(19-17-12)10-7-9(2)18-16-10/h7-8H,3-6,14H2,1-2H3. The highest BCUT2D eigenvalue weighted by atomic mass is 16.5. The Morgan fingerprint density at radius 1 is 1.26 bits per heavy atom. The van der Waals surface area contributed by atoms with Gasteiger partial charge in [0.05, 0.1) is 5.54 Å². The SMILES string of the molecule is Cc1cc(-c2nc(C3(N)CCC(C)CC3)no2)no1. The predicted molar refractivity (Wildman–Crippen MR) is 68.0 cm³/mol. The highest BCUT2D eigenvalue weighted by molar-refractivity contribution is 5.45. The molecule has 0 bridgehead atoms. The Labute approximate surface area is 111 Å². The van der Waals surface area contributed by atoms with Crippen molar-refractivity contribution in [2.75, 3.05) is 0 Å². The molecule has 0 radical (unpaired) electrons. The second kappa shape index (κ2) is 4.45. The van der Waals surface area contributed by atoms with E-state index in [1.54, 1.807) is 6.07 Å². The van der Waals surface area contributed by atoms with Crippen molar-refractivity contribution in [3.63, 3.8) is 0 Å². The summed E-state index contributed by atoms with van der Waals surface area (Å²) in [5.41, 5.74) is 6.50. The zero-order chi connectivity index (χ0) is 13.5. The van der Waals surface area contributed by atoms with Crippen molar-refractivity contribution < 1.29 is 9.05 Å². The van der Waals surface area contributed by atoms with Crippen molar-refractivity contribution >= 4 is 0 Å². The Morgan fingerprint density at radius 3 is 2.63 bits per heavy atom. The summed E-state index contributed by atoms with van der Waals surface area (Å²) in [4.78, 5) is 4.39. The van der Waals surface area contributed by atoms with E-state index in [0.717, 1.165) is 31.6 Å². The number of nitrogens with two attached hydrogens (primary N) is 1. The van der Waals surface area contributed by atoms with Gasteiger partial charge in [0.15, 0.2) is 11.5 Å². The number of hydrogen-bond donors (Lipinski definition) is 1. The van der Waals surface area contributed by atoms with Gasteiger partial charge in [0.2, 0.25) is 0 Å². The molecular weight excluding hydrogens is 244 g/mol. The van der Waals surface area contributed by atoms with Gasteiger partial charge in [0.1, 0.15) is 5.76 Å². The van der Waals surface area contributed by atoms with Crippen molar-refractivity contribution in [2.24, 2.45) is 11.7 Å². The second-order valence-corrected chi connectivity index (χ2v) is 5.58. The van der Waals surface area contributed by atoms with E-state index in [1.807, 2.05) is 6.92 Å². The monoisotopic (exact) mass is 262 g/mol. The molecule has 2 aromatic rings. The third-order valence-electron chi connectivity index (χ3n) is 3.88. The molecule has 1 aliphatic rings. The Hall–Kier alpha value is -1.69. The molecule has 0 spiro atoms. The summed E-state index contributed by atoms with van der Waals surface area (Å²) in [5, 5.41) is 7.90. The van der Waals surface area contributed by atoms with Crippen LogP contribution < -0.4 is 5.73 Å². The van der Waals surface area contributed by atoms with Crippen LogP contribution in [0.15, 0.2) is 15.1 Å². The van der Waals surface area contributed by atoms with Gasteiger partial charge in [0, 0.05) is 6.07 Å². The van der Waals surface area contributed by atoms with Gasteiger partial charge < -0.3 is 14.8 Å². The second-order valence-electron chi connectivity index (χ2n) is 5.58. The molecule has 0 saturated heterocycles. The topological polar surface area (TPSA) is 91.0 Å². The molecule has 1 fully saturated rings. The summed E-state index contributed by atoms with van der Waals surface area (Å²) < 4.78 is 10.2. The van der Waals surface area contributed by atoms with Crippen molar-refractivity contribution in [2.45, 2.75) is 45.1 Å². The largest absolute Gasteiger partial charge is 0.361 e. The van der Waals surface area contributed by atoms with Crippen molar-refractivity contribution in [1.82, 2.24) is 15.3 Å². The van der Waals surface area contributed by atoms with Gasteiger partial charge in [-0.15, -0.1) is 0 Å². The molecule has 1 saturated carbocycles. The molecule has 1 aliphatic carbocycles. The molecule has 19 heavy (non-hydrogen) atoms. The smallest absolute Gasteiger partial charge is 0.280 e. The molecule has 6 nitrogen and oxygen atoms in total. The van der Waals surface area contributed by atoms with E-state index in [4.69, 9.17) is 14.8 Å². The van der Waals surface area contributed by atoms with Crippen LogP contribution in [-0.4, -0.2) is 15.3 Å². The van der Waals surface area contributed by atoms with E-state index in [1.165, 1.54) is 0 Å². The van der Waals surface area contributed by atoms with E-state index in [2.05, 4.69) is 22.2 Å². The summed E-state index contributed by atoms with van der Waals surface area (Å²) in [7, 11) is 0. The van der Waals surface area contributed by atoms with E-state index in [9.17, 15) is 0 Å². The Morgan fingerprint density at radius 2 is 2.00 bits per heavy atom. The Kier molecular flexibility index (Phi) is 2.89. The van der Waals surface area contributed by atoms with Crippen LogP contribution in [0.5, 0.6) is 0 Å². The average molecular weight is 262 g/mol. The lowest BCUT2D eigenvalue weighted by atomic mass is 9.77. The first-order valence-corrected chi connectivity index (χ1v) is 6.63. The summed E-state index contributed by atoms with van der Waals surface area (Å²) in [6.45, 7) is 4.07. The van der Waals surface area contributed by atoms with Crippen molar-refractivity contribution in [3.8, 4) is 11.6 Å². The predicted octanol–water partition coefficient (Wildman–Crippen LogP) is 2.40. The summed E-state index contributed by atoms with van der Waals surface area (Å²) in [6.07, 6.45) is 3.99. The number of hydrogen-bond acceptors (Lipinski definition) is 6. The lowest BCUT2D eigenvalue weighted by molar-refractivity contribution is 0.230. The van der Waals surface area contributed by atoms with Crippen LogP contribution in [0.1, 0.15) is 44.2 Å². The summed E-state index contributed by atoms with van der Waals surface area (Å²) in [5.74, 6) is 2.38. The summed E-state index contributed by atoms with van der Waals surface area (Å²) in [6, 6.07) is 1.77. The lowest BCUT2D eigenvalue weighted by Gasteiger charge is -2.33. The molecule has 2 N–H and O–H groups in total. The maximum atomic E-state index is 6.41. The third-order valence-corrected chi connectivity index (χ3v) is 3.88. The molecule has 6 heteroatoms. The van der Waals surface area contributed by atoms with Gasteiger partial charge >= 0.3 is 0 Å². The van der Waals surface area contributed by atoms with Crippen molar-refractivity contribution in [3.05, 3.63) is 17.7 Å². The number of aromatic nitrogens is 3. The van der Waals surface area contributed by atoms with Crippen LogP contribution in [0.25, 0.3) is 11.6 Å². The minimum Gasteiger partial charge on any atom is -0.361 e. The zero-order valence-electron chi connectivity index (χ0n) is 11.2. The molecule has 3 rings (SSSR count). The third kappa shape index (κ3) is 2.28. The lowest BCUT2D eigenvalue weighted by Crippen LogP contribution is -2.41. The fourth-order valence-corrected chi connectivity index (χ4v) is 2.50. The van der Waals surface area contributed by atoms with Crippen LogP contribution in [0, 0.1) is 12.8 Å². The number of rotatable bonds is 2. The highest BCUT2D eigenvalue weighted by Gasteiger charge is 2.36. The Balaban J connectivity index is 1.85. The van der Waals surface area contributed by atoms with E-state index in [0.29, 0.717) is 23.2 Å². The maximum absolute atomic E-state index is 6.41. The number of aryl methyl sites for hydroxylation is 1. The first-order chi connectivity index (χ1) is 9.07. The van der Waals surface area contributed by atoms with E-state index < -0.39 is 5.54 Å². The minimum absolute atomic E-state index is 0.371. The first kappa shape index (κ1) is 12.3. The van der Waals surface area contributed by atoms with Crippen LogP contribution in [0.4, 0.5) is 0 Å². The molecule has 0 unspecified atom stereocenters. The molecular formula is C13H18N4O2. The van der Waals surface area contributed by atoms with Crippen LogP contribution in [0.2, 0.25) is 0 Å². The molecule has 0 aliphatic heterocycles. The molecule has 0 aromatic carbocycles. The minimum atomic E-state index is -0.465. The van der Waals surface area contributed by atoms with E-state index in [-0.39, 0.29) is 0 Å². The fourth-order valence-electron chi connectivity index (χ4n) is 2.50. The Bertz CT molecular complexity index is 567. The molecule has 0 amide bonds.